The molecular formula is C84H82N6. The van der Waals surface area contributed by atoms with Gasteiger partial charge in [0.1, 0.15) is 0 Å². The van der Waals surface area contributed by atoms with Crippen LogP contribution in [-0.2, 0) is 0 Å². The van der Waals surface area contributed by atoms with Crippen LogP contribution >= 0.6 is 0 Å². The third-order valence-corrected chi connectivity index (χ3v) is 14.9. The van der Waals surface area contributed by atoms with Crippen LogP contribution in [-0.4, -0.2) is 9.97 Å². The van der Waals surface area contributed by atoms with Gasteiger partial charge < -0.3 is 20.0 Å². The Morgan fingerprint density at radius 2 is 0.733 bits per heavy atom. The second-order valence-corrected chi connectivity index (χ2v) is 20.2. The maximum Gasteiger partial charge on any atom is 0.0973 e. The minimum atomic E-state index is 0.800. The van der Waals surface area contributed by atoms with E-state index in [9.17, 15) is 0 Å². The van der Waals surface area contributed by atoms with Crippen LogP contribution < -0.4 is 20.0 Å². The predicted octanol–water partition coefficient (Wildman–Crippen LogP) is 24.7. The highest BCUT2D eigenvalue weighted by molar-refractivity contribution is 5.97. The van der Waals surface area contributed by atoms with E-state index in [1.807, 2.05) is 73.6 Å². The van der Waals surface area contributed by atoms with Gasteiger partial charge in [-0.25, -0.2) is 9.97 Å². The number of nitrogens with one attached hydrogen (secondary N) is 1. The van der Waals surface area contributed by atoms with Gasteiger partial charge in [0.15, 0.2) is 0 Å². The van der Waals surface area contributed by atoms with Crippen LogP contribution in [0.4, 0.5) is 56.9 Å². The van der Waals surface area contributed by atoms with Crippen molar-refractivity contribution in [3.63, 3.8) is 0 Å². The number of aromatic nitrogens is 2. The van der Waals surface area contributed by atoms with Gasteiger partial charge in [-0.2, -0.15) is 0 Å². The van der Waals surface area contributed by atoms with Crippen molar-refractivity contribution in [2.75, 3.05) is 20.0 Å². The minimum Gasteiger partial charge on any atom is -0.356 e. The summed E-state index contributed by atoms with van der Waals surface area (Å²) < 4.78 is 0. The molecule has 0 radical (unpaired) electrons. The molecular weight excluding hydrogens is 1090 g/mol. The summed E-state index contributed by atoms with van der Waals surface area (Å²) in [5, 5.41) is 3.54. The highest BCUT2D eigenvalue weighted by Crippen LogP contribution is 2.42. The van der Waals surface area contributed by atoms with Gasteiger partial charge in [-0.3, -0.25) is 0 Å². The molecule has 6 nitrogen and oxygen atoms in total. The van der Waals surface area contributed by atoms with Gasteiger partial charge in [0.2, 0.25) is 0 Å². The van der Waals surface area contributed by atoms with Gasteiger partial charge in [0.05, 0.1) is 22.4 Å². The number of hydrogen-bond donors (Lipinski definition) is 1. The van der Waals surface area contributed by atoms with Crippen LogP contribution in [0.1, 0.15) is 79.4 Å². The summed E-state index contributed by atoms with van der Waals surface area (Å²) in [7, 11) is 0. The quantitative estimate of drug-likeness (QED) is 0.110. The third kappa shape index (κ3) is 15.3. The molecule has 2 aliphatic carbocycles. The average Bonchev–Trinajstić information content (AvgIpc) is 1.33. The Kier molecular flexibility index (Phi) is 23.2. The molecule has 0 fully saturated rings. The molecule has 0 saturated carbocycles. The van der Waals surface area contributed by atoms with Gasteiger partial charge in [0.25, 0.3) is 0 Å². The van der Waals surface area contributed by atoms with Crippen molar-refractivity contribution in [2.24, 2.45) is 0 Å². The van der Waals surface area contributed by atoms with Crippen LogP contribution in [0.3, 0.4) is 0 Å². The molecule has 1 heterocycles. The molecule has 1 N–H and O–H groups in total. The predicted molar refractivity (Wildman–Crippen MR) is 391 cm³/mol. The van der Waals surface area contributed by atoms with Crippen molar-refractivity contribution in [2.45, 2.75) is 68.2 Å². The van der Waals surface area contributed by atoms with Crippen molar-refractivity contribution < 1.29 is 0 Å². The van der Waals surface area contributed by atoms with E-state index in [4.69, 9.17) is 9.97 Å². The number of hydrogen-bond acceptors (Lipinski definition) is 6. The van der Waals surface area contributed by atoms with Crippen LogP contribution in [0, 0.1) is 0 Å². The van der Waals surface area contributed by atoms with Crippen LogP contribution in [0.15, 0.2) is 327 Å². The van der Waals surface area contributed by atoms with Gasteiger partial charge in [0, 0.05) is 85.7 Å². The van der Waals surface area contributed by atoms with E-state index in [0.29, 0.717) is 0 Å². The summed E-state index contributed by atoms with van der Waals surface area (Å²) in [5.74, 6) is 0. The van der Waals surface area contributed by atoms with Crippen molar-refractivity contribution >= 4 is 79.1 Å². The highest BCUT2D eigenvalue weighted by atomic mass is 15.2. The van der Waals surface area contributed by atoms with E-state index in [-0.39, 0.29) is 0 Å². The molecule has 0 saturated heterocycles. The second-order valence-electron chi connectivity index (χ2n) is 20.2. The Hall–Kier alpha value is -10.8. The lowest BCUT2D eigenvalue weighted by Gasteiger charge is -2.29. The zero-order chi connectivity index (χ0) is 62.9. The Morgan fingerprint density at radius 1 is 0.311 bits per heavy atom. The lowest BCUT2D eigenvalue weighted by atomic mass is 9.99. The van der Waals surface area contributed by atoms with E-state index in [1.165, 1.54) is 16.8 Å². The summed E-state index contributed by atoms with van der Waals surface area (Å²) in [6.45, 7) is 16.0. The largest absolute Gasteiger partial charge is 0.356 e. The van der Waals surface area contributed by atoms with E-state index in [0.717, 1.165) is 114 Å². The molecule has 448 valence electrons. The molecule has 13 rings (SSSR count). The van der Waals surface area contributed by atoms with Crippen molar-refractivity contribution in [1.29, 1.82) is 0 Å². The first-order valence-electron chi connectivity index (χ1n) is 31.9. The first-order chi connectivity index (χ1) is 44.7. The van der Waals surface area contributed by atoms with Crippen LogP contribution in [0.5, 0.6) is 0 Å². The molecule has 90 heavy (non-hydrogen) atoms. The van der Waals surface area contributed by atoms with Crippen molar-refractivity contribution in [1.82, 2.24) is 9.97 Å². The van der Waals surface area contributed by atoms with Gasteiger partial charge >= 0.3 is 0 Å². The molecule has 0 bridgehead atoms. The van der Waals surface area contributed by atoms with E-state index in [1.54, 1.807) is 0 Å². The molecule has 10 aromatic carbocycles. The number of para-hydroxylation sites is 5. The summed E-state index contributed by atoms with van der Waals surface area (Å²) in [5.41, 5.74) is 21.5. The molecule has 2 aliphatic rings. The Balaban J connectivity index is 0.00000116. The molecule has 0 spiro atoms. The lowest BCUT2D eigenvalue weighted by Crippen LogP contribution is -2.16. The molecule has 1 aromatic heterocycles. The van der Waals surface area contributed by atoms with Gasteiger partial charge in [-0.15, -0.1) is 0 Å². The van der Waals surface area contributed by atoms with Gasteiger partial charge in [-0.1, -0.05) is 244 Å². The molecule has 6 heteroatoms. The first kappa shape index (κ1) is 63.7. The van der Waals surface area contributed by atoms with Crippen molar-refractivity contribution in [3.05, 3.63) is 338 Å². The smallest absolute Gasteiger partial charge is 0.0973 e. The second kappa shape index (κ2) is 32.8. The summed E-state index contributed by atoms with van der Waals surface area (Å²) in [4.78, 5) is 18.2. The molecule has 0 atom stereocenters. The highest BCUT2D eigenvalue weighted by Gasteiger charge is 2.21. The molecule has 0 amide bonds. The number of rotatable bonds is 15. The van der Waals surface area contributed by atoms with Crippen LogP contribution in [0.25, 0.3) is 44.7 Å². The fourth-order valence-corrected chi connectivity index (χ4v) is 10.9. The molecule has 0 unspecified atom stereocenters. The zero-order valence-electron chi connectivity index (χ0n) is 53.2. The Labute approximate surface area is 535 Å². The number of anilines is 10. The third-order valence-electron chi connectivity index (χ3n) is 14.9. The molecule has 11 aromatic rings. The molecule has 0 aliphatic heterocycles. The number of fused-ring (bicyclic) bond motifs is 1. The van der Waals surface area contributed by atoms with Crippen LogP contribution in [0.2, 0.25) is 0 Å². The lowest BCUT2D eigenvalue weighted by molar-refractivity contribution is 1.08. The average molecular weight is 1180 g/mol. The normalized spacial score (nSPS) is 12.0. The number of benzene rings is 10. The standard InChI is InChI=1S/C76H58N6.4C2H6/c1-2-13-29-63(28-12-1)80(64-30-14-5-15-31-64)70-52-54-71(55-53-70)82(66-34-18-7-19-35-66)68-46-40-59(41-47-68)74-75(79-76-72(36-21-37-73(76)78-74)58-25-20-24-57(38-39-58)56-22-8-3-9-23-56)60-42-48-67(49-43-60)81(65-32-16-6-17-33-65)69-50-44-62(45-51-69)77-61-26-10-4-11-27-61;4*1-2/h1-23,25-28,30-55,77H,24,29H2;4*1-2H3. The van der Waals surface area contributed by atoms with E-state index in [2.05, 4.69) is 323 Å². The summed E-state index contributed by atoms with van der Waals surface area (Å²) in [6.07, 6.45) is 21.3. The van der Waals surface area contributed by atoms with E-state index >= 15 is 0 Å². The minimum absolute atomic E-state index is 0.800. The summed E-state index contributed by atoms with van der Waals surface area (Å²) in [6, 6.07) is 94.0. The maximum atomic E-state index is 5.67. The van der Waals surface area contributed by atoms with Gasteiger partial charge in [-0.05, 0) is 157 Å². The Bertz CT molecular complexity index is 4170. The fourth-order valence-electron chi connectivity index (χ4n) is 10.9. The topological polar surface area (TPSA) is 47.5 Å². The SMILES string of the molecule is C1=CC=C(N(c2ccccc2)c2ccc(N(c3ccccc3)c3ccc(-c4nc5cccc(C6=CC=C(c7ccccc7)CC=C6)c5nc4-c4ccc(N(c5ccccc5)c5ccc(Nc6ccccc6)cc5)cc4)cc3)cc2)CC=C1.CC.CC.CC.CC. The number of allylic oxidation sites excluding steroid dienone is 11. The number of nitrogens with zero attached hydrogens (tertiary/aromatic N) is 5. The maximum absolute atomic E-state index is 5.67. The zero-order valence-corrected chi connectivity index (χ0v) is 53.2. The van der Waals surface area contributed by atoms with E-state index < -0.39 is 0 Å². The monoisotopic (exact) mass is 1170 g/mol. The first-order valence-corrected chi connectivity index (χ1v) is 31.9. The summed E-state index contributed by atoms with van der Waals surface area (Å²) >= 11 is 0. The Morgan fingerprint density at radius 3 is 1.26 bits per heavy atom. The van der Waals surface area contributed by atoms with Crippen molar-refractivity contribution in [3.8, 4) is 22.5 Å². The fraction of sp³-hybridized carbons (Fsp3) is 0.119.